The molecule has 0 spiro atoms. The molecule has 0 aliphatic carbocycles. The summed E-state index contributed by atoms with van der Waals surface area (Å²) in [5.41, 5.74) is -5.39. The van der Waals surface area contributed by atoms with Crippen molar-refractivity contribution < 1.29 is 49.0 Å². The summed E-state index contributed by atoms with van der Waals surface area (Å²) in [5, 5.41) is 9.95. The molecule has 2 aromatic carbocycles. The molecule has 2 aromatic rings. The molecule has 3 atom stereocenters. The molecule has 0 fully saturated rings. The normalized spacial score (nSPS) is 18.9. The maximum absolute atomic E-state index is 13.6. The van der Waals surface area contributed by atoms with Gasteiger partial charge in [0.15, 0.2) is 0 Å². The molecule has 0 bridgehead atoms. The van der Waals surface area contributed by atoms with Crippen LogP contribution in [0, 0.1) is 11.3 Å². The van der Waals surface area contributed by atoms with Crippen molar-refractivity contribution in [3.63, 3.8) is 0 Å². The summed E-state index contributed by atoms with van der Waals surface area (Å²) in [6, 6.07) is 4.02. The van der Waals surface area contributed by atoms with Crippen LogP contribution in [0.2, 0.25) is 0 Å². The van der Waals surface area contributed by atoms with Gasteiger partial charge in [-0.1, -0.05) is 6.92 Å². The zero-order valence-electron chi connectivity index (χ0n) is 19.9. The Kier molecular flexibility index (Phi) is 7.96. The molecule has 0 radical (unpaired) electrons. The maximum atomic E-state index is 13.6. The van der Waals surface area contributed by atoms with E-state index in [-0.39, 0.29) is 36.8 Å². The highest BCUT2D eigenvalue weighted by molar-refractivity contribution is 5.90. The fourth-order valence-corrected chi connectivity index (χ4v) is 4.63. The van der Waals surface area contributed by atoms with Gasteiger partial charge in [0.25, 0.3) is 0 Å². The number of carbonyl (C=O) groups excluding carboxylic acids is 1. The average Bonchev–Trinajstić information content (AvgIpc) is 2.82. The molecule has 4 nitrogen and oxygen atoms in total. The third-order valence-electron chi connectivity index (χ3n) is 6.35. The standard InChI is InChI=1S/C25H21F9N2O2/c1-3-17-11-18(19-10-14(23(26,27)28)5-6-21(19)36(17)22(37)38-4-2)20(12-35)13-7-15(24(29,30)31)9-16(8-13)25(32,33)34/h5-10,17-18,20H,3-4,11H2,1-2H3. The molecule has 3 unspecified atom stereocenters. The van der Waals surface area contributed by atoms with Crippen molar-refractivity contribution in [3.8, 4) is 6.07 Å². The molecule has 0 N–H and O–H groups in total. The van der Waals surface area contributed by atoms with Crippen LogP contribution in [0.1, 0.15) is 66.3 Å². The Morgan fingerprint density at radius 3 is 1.95 bits per heavy atom. The van der Waals surface area contributed by atoms with Gasteiger partial charge in [-0.15, -0.1) is 0 Å². The minimum atomic E-state index is -5.18. The van der Waals surface area contributed by atoms with E-state index in [1.807, 2.05) is 0 Å². The van der Waals surface area contributed by atoms with Crippen molar-refractivity contribution in [1.29, 1.82) is 5.26 Å². The summed E-state index contributed by atoms with van der Waals surface area (Å²) in [6.45, 7) is 3.09. The van der Waals surface area contributed by atoms with Crippen molar-refractivity contribution in [2.75, 3.05) is 11.5 Å². The zero-order chi connectivity index (χ0) is 28.6. The molecule has 206 valence electrons. The molecule has 13 heteroatoms. The largest absolute Gasteiger partial charge is 0.449 e. The van der Waals surface area contributed by atoms with E-state index in [1.54, 1.807) is 13.0 Å². The number of nitrogens with zero attached hydrogens (tertiary/aromatic N) is 2. The zero-order valence-corrected chi connectivity index (χ0v) is 19.9. The Morgan fingerprint density at radius 2 is 1.50 bits per heavy atom. The lowest BCUT2D eigenvalue weighted by Crippen LogP contribution is -2.45. The third-order valence-corrected chi connectivity index (χ3v) is 6.35. The summed E-state index contributed by atoms with van der Waals surface area (Å²) in [6.07, 6.45) is -16.1. The smallest absolute Gasteiger partial charge is 0.416 e. The van der Waals surface area contributed by atoms with Crippen LogP contribution in [0.3, 0.4) is 0 Å². The number of benzene rings is 2. The van der Waals surface area contributed by atoms with E-state index in [2.05, 4.69) is 0 Å². The topological polar surface area (TPSA) is 53.3 Å². The lowest BCUT2D eigenvalue weighted by Gasteiger charge is -2.41. The van der Waals surface area contributed by atoms with E-state index in [4.69, 9.17) is 4.74 Å². The van der Waals surface area contributed by atoms with Crippen LogP contribution >= 0.6 is 0 Å². The number of rotatable bonds is 4. The first-order chi connectivity index (χ1) is 17.5. The van der Waals surface area contributed by atoms with Gasteiger partial charge in [-0.3, -0.25) is 4.90 Å². The molecule has 1 aliphatic rings. The average molecular weight is 552 g/mol. The number of alkyl halides is 9. The van der Waals surface area contributed by atoms with Gasteiger partial charge in [0.1, 0.15) is 0 Å². The van der Waals surface area contributed by atoms with Crippen molar-refractivity contribution >= 4 is 11.8 Å². The number of ether oxygens (including phenoxy) is 1. The summed E-state index contributed by atoms with van der Waals surface area (Å²) < 4.78 is 126. The van der Waals surface area contributed by atoms with Crippen LogP contribution in [0.5, 0.6) is 0 Å². The fourth-order valence-electron chi connectivity index (χ4n) is 4.63. The molecule has 3 rings (SSSR count). The summed E-state index contributed by atoms with van der Waals surface area (Å²) in [5.74, 6) is -2.96. The van der Waals surface area contributed by atoms with Gasteiger partial charge in [0.2, 0.25) is 0 Å². The Labute approximate surface area is 211 Å². The quantitative estimate of drug-likeness (QED) is 0.359. The minimum Gasteiger partial charge on any atom is -0.449 e. The number of anilines is 1. The van der Waals surface area contributed by atoms with Gasteiger partial charge in [-0.05, 0) is 67.3 Å². The van der Waals surface area contributed by atoms with E-state index >= 15 is 0 Å². The van der Waals surface area contributed by atoms with Crippen molar-refractivity contribution in [2.24, 2.45) is 0 Å². The van der Waals surface area contributed by atoms with Crippen molar-refractivity contribution in [3.05, 3.63) is 64.2 Å². The number of fused-ring (bicyclic) bond motifs is 1. The second-order valence-electron chi connectivity index (χ2n) is 8.69. The number of carbonyl (C=O) groups is 1. The molecule has 0 saturated carbocycles. The number of hydrogen-bond acceptors (Lipinski definition) is 3. The first-order valence-corrected chi connectivity index (χ1v) is 11.4. The highest BCUT2D eigenvalue weighted by atomic mass is 19.4. The molecule has 0 saturated heterocycles. The van der Waals surface area contributed by atoms with E-state index in [0.29, 0.717) is 24.3 Å². The summed E-state index contributed by atoms with van der Waals surface area (Å²) >= 11 is 0. The first-order valence-electron chi connectivity index (χ1n) is 11.4. The Balaban J connectivity index is 2.28. The van der Waals surface area contributed by atoms with Gasteiger partial charge >= 0.3 is 24.6 Å². The van der Waals surface area contributed by atoms with Crippen molar-refractivity contribution in [1.82, 2.24) is 0 Å². The third kappa shape index (κ3) is 5.84. The highest BCUT2D eigenvalue weighted by Gasteiger charge is 2.43. The van der Waals surface area contributed by atoms with E-state index in [9.17, 15) is 49.6 Å². The van der Waals surface area contributed by atoms with E-state index in [0.717, 1.165) is 11.0 Å². The molecule has 38 heavy (non-hydrogen) atoms. The van der Waals surface area contributed by atoms with Gasteiger partial charge in [0, 0.05) is 12.0 Å². The molecule has 1 heterocycles. The second-order valence-corrected chi connectivity index (χ2v) is 8.69. The van der Waals surface area contributed by atoms with Crippen LogP contribution in [0.4, 0.5) is 50.0 Å². The number of nitriles is 1. The van der Waals surface area contributed by atoms with Crippen LogP contribution in [0.15, 0.2) is 36.4 Å². The van der Waals surface area contributed by atoms with Gasteiger partial charge in [-0.25, -0.2) is 4.79 Å². The molecular weight excluding hydrogens is 531 g/mol. The Bertz CT molecular complexity index is 1200. The first kappa shape index (κ1) is 29.1. The molecular formula is C25H21F9N2O2. The number of halogens is 9. The molecule has 1 aliphatic heterocycles. The number of amides is 1. The predicted octanol–water partition coefficient (Wildman–Crippen LogP) is 8.28. The van der Waals surface area contributed by atoms with Gasteiger partial charge in [-0.2, -0.15) is 44.8 Å². The predicted molar refractivity (Wildman–Crippen MR) is 117 cm³/mol. The fraction of sp³-hybridized carbons (Fsp3) is 0.440. The number of hydrogen-bond donors (Lipinski definition) is 0. The second kappa shape index (κ2) is 10.4. The summed E-state index contributed by atoms with van der Waals surface area (Å²) in [7, 11) is 0. The summed E-state index contributed by atoms with van der Waals surface area (Å²) in [4.78, 5) is 13.8. The SMILES string of the molecule is CCOC(=O)N1c2ccc(C(F)(F)F)cc2C(C(C#N)c2cc(C(F)(F)F)cc(C(F)(F)F)c2)CC1CC. The lowest BCUT2D eigenvalue weighted by molar-refractivity contribution is -0.143. The lowest BCUT2D eigenvalue weighted by atomic mass is 9.74. The highest BCUT2D eigenvalue weighted by Crippen LogP contribution is 2.49. The van der Waals surface area contributed by atoms with Gasteiger partial charge in [0.05, 0.1) is 41.0 Å². The van der Waals surface area contributed by atoms with Crippen LogP contribution in [0.25, 0.3) is 0 Å². The maximum Gasteiger partial charge on any atom is 0.416 e. The molecule has 1 amide bonds. The van der Waals surface area contributed by atoms with Crippen LogP contribution in [-0.4, -0.2) is 18.7 Å². The monoisotopic (exact) mass is 552 g/mol. The van der Waals surface area contributed by atoms with E-state index in [1.165, 1.54) is 6.92 Å². The van der Waals surface area contributed by atoms with Gasteiger partial charge < -0.3 is 4.74 Å². The Hall–Kier alpha value is -3.43. The van der Waals surface area contributed by atoms with Crippen molar-refractivity contribution in [2.45, 2.75) is 63.1 Å². The van der Waals surface area contributed by atoms with Crippen LogP contribution < -0.4 is 4.90 Å². The Morgan fingerprint density at radius 1 is 0.947 bits per heavy atom. The minimum absolute atomic E-state index is 0.0591. The van der Waals surface area contributed by atoms with Crippen LogP contribution in [-0.2, 0) is 23.3 Å². The van der Waals surface area contributed by atoms with E-state index < -0.39 is 64.8 Å². The molecule has 0 aromatic heterocycles.